The van der Waals surface area contributed by atoms with Crippen LogP contribution in [0.3, 0.4) is 0 Å². The first kappa shape index (κ1) is 19.7. The van der Waals surface area contributed by atoms with Crippen molar-refractivity contribution in [1.82, 2.24) is 9.55 Å². The van der Waals surface area contributed by atoms with E-state index in [2.05, 4.69) is 10.3 Å². The number of methoxy groups -OCH3 is 2. The van der Waals surface area contributed by atoms with Gasteiger partial charge < -0.3 is 19.2 Å². The van der Waals surface area contributed by atoms with Crippen LogP contribution in [-0.2, 0) is 4.79 Å². The SMILES string of the molecule is COc1ccc(OC)c(-c2csc(NC(=O)C(C)n3c(=O)oc4ccccc43)n2)c1. The Kier molecular flexibility index (Phi) is 5.28. The fourth-order valence-electron chi connectivity index (χ4n) is 3.15. The van der Waals surface area contributed by atoms with Gasteiger partial charge in [0.1, 0.15) is 17.5 Å². The Balaban J connectivity index is 1.59. The first-order valence-corrected chi connectivity index (χ1v) is 9.98. The number of amides is 1. The summed E-state index contributed by atoms with van der Waals surface area (Å²) in [4.78, 5) is 29.5. The third kappa shape index (κ3) is 3.55. The highest BCUT2D eigenvalue weighted by Gasteiger charge is 2.22. The Bertz CT molecular complexity index is 1270. The number of anilines is 1. The van der Waals surface area contributed by atoms with Crippen LogP contribution in [-0.4, -0.2) is 29.7 Å². The summed E-state index contributed by atoms with van der Waals surface area (Å²) in [6.07, 6.45) is 0. The number of carbonyl (C=O) groups excluding carboxylic acids is 1. The van der Waals surface area contributed by atoms with Crippen LogP contribution in [0.4, 0.5) is 5.13 Å². The molecule has 2 aromatic carbocycles. The predicted octanol–water partition coefficient (Wildman–Crippen LogP) is 3.93. The highest BCUT2D eigenvalue weighted by molar-refractivity contribution is 7.14. The summed E-state index contributed by atoms with van der Waals surface area (Å²) in [5, 5.41) is 5.00. The Morgan fingerprint density at radius 2 is 2.00 bits per heavy atom. The first-order chi connectivity index (χ1) is 14.5. The molecule has 8 nitrogen and oxygen atoms in total. The number of aromatic nitrogens is 2. The lowest BCUT2D eigenvalue weighted by Gasteiger charge is -2.11. The maximum Gasteiger partial charge on any atom is 0.420 e. The Hall–Kier alpha value is -3.59. The molecule has 1 unspecified atom stereocenters. The van der Waals surface area contributed by atoms with Crippen LogP contribution in [0.2, 0.25) is 0 Å². The van der Waals surface area contributed by atoms with Gasteiger partial charge in [0, 0.05) is 10.9 Å². The summed E-state index contributed by atoms with van der Waals surface area (Å²) in [6.45, 7) is 1.64. The van der Waals surface area contributed by atoms with Gasteiger partial charge in [-0.05, 0) is 37.3 Å². The molecule has 1 amide bonds. The molecule has 9 heteroatoms. The van der Waals surface area contributed by atoms with E-state index >= 15 is 0 Å². The van der Waals surface area contributed by atoms with Crippen molar-refractivity contribution in [2.24, 2.45) is 0 Å². The Morgan fingerprint density at radius 3 is 2.77 bits per heavy atom. The van der Waals surface area contributed by atoms with Gasteiger partial charge in [0.05, 0.1) is 25.4 Å². The maximum absolute atomic E-state index is 12.8. The molecule has 2 heterocycles. The van der Waals surface area contributed by atoms with Gasteiger partial charge >= 0.3 is 5.76 Å². The lowest BCUT2D eigenvalue weighted by atomic mass is 10.1. The van der Waals surface area contributed by atoms with Crippen molar-refractivity contribution in [3.05, 3.63) is 58.4 Å². The summed E-state index contributed by atoms with van der Waals surface area (Å²) in [7, 11) is 3.16. The molecule has 1 atom stereocenters. The lowest BCUT2D eigenvalue weighted by Crippen LogP contribution is -2.29. The molecule has 0 fully saturated rings. The minimum atomic E-state index is -0.778. The number of carbonyl (C=O) groups is 1. The normalized spacial score (nSPS) is 12.0. The molecule has 0 spiro atoms. The molecule has 2 aromatic heterocycles. The van der Waals surface area contributed by atoms with Gasteiger partial charge in [0.15, 0.2) is 10.7 Å². The topological polar surface area (TPSA) is 95.6 Å². The number of oxazole rings is 1. The van der Waals surface area contributed by atoms with Gasteiger partial charge in [-0.25, -0.2) is 9.78 Å². The van der Waals surface area contributed by atoms with Crippen LogP contribution >= 0.6 is 11.3 Å². The van der Waals surface area contributed by atoms with E-state index < -0.39 is 11.8 Å². The number of rotatable bonds is 6. The standard InChI is InChI=1S/C21H19N3O5S/c1-12(24-16-6-4-5-7-18(16)29-21(24)26)19(25)23-20-22-15(11-30-20)14-10-13(27-2)8-9-17(14)28-3/h4-12H,1-3H3,(H,22,23,25). The number of nitrogens with one attached hydrogen (secondary N) is 1. The van der Waals surface area contributed by atoms with Gasteiger partial charge in [-0.2, -0.15) is 0 Å². The molecule has 0 radical (unpaired) electrons. The van der Waals surface area contributed by atoms with Crippen molar-refractivity contribution in [1.29, 1.82) is 0 Å². The van der Waals surface area contributed by atoms with Crippen molar-refractivity contribution in [3.8, 4) is 22.8 Å². The molecule has 1 N–H and O–H groups in total. The smallest absolute Gasteiger partial charge is 0.420 e. The van der Waals surface area contributed by atoms with Gasteiger partial charge in [-0.1, -0.05) is 12.1 Å². The quantitative estimate of drug-likeness (QED) is 0.503. The number of hydrogen-bond acceptors (Lipinski definition) is 7. The second-order valence-electron chi connectivity index (χ2n) is 6.48. The fourth-order valence-corrected chi connectivity index (χ4v) is 3.86. The largest absolute Gasteiger partial charge is 0.497 e. The molecule has 0 aliphatic carbocycles. The summed E-state index contributed by atoms with van der Waals surface area (Å²) in [5.41, 5.74) is 2.39. The van der Waals surface area contributed by atoms with Crippen LogP contribution in [0.25, 0.3) is 22.4 Å². The van der Waals surface area contributed by atoms with Crippen molar-refractivity contribution in [2.75, 3.05) is 19.5 Å². The van der Waals surface area contributed by atoms with Gasteiger partial charge in [0.2, 0.25) is 5.91 Å². The molecular formula is C21H19N3O5S. The predicted molar refractivity (Wildman–Crippen MR) is 114 cm³/mol. The molecule has 0 saturated heterocycles. The Morgan fingerprint density at radius 1 is 1.20 bits per heavy atom. The summed E-state index contributed by atoms with van der Waals surface area (Å²) >= 11 is 1.28. The minimum absolute atomic E-state index is 0.373. The number of thiazole rings is 1. The molecule has 0 bridgehead atoms. The molecule has 4 rings (SSSR count). The number of nitrogens with zero attached hydrogens (tertiary/aromatic N) is 2. The summed E-state index contributed by atoms with van der Waals surface area (Å²) in [6, 6.07) is 11.6. The van der Waals surface area contributed by atoms with Crippen molar-refractivity contribution in [2.45, 2.75) is 13.0 Å². The monoisotopic (exact) mass is 425 g/mol. The highest BCUT2D eigenvalue weighted by Crippen LogP contribution is 2.35. The average molecular weight is 425 g/mol. The van der Waals surface area contributed by atoms with E-state index in [4.69, 9.17) is 13.9 Å². The number of benzene rings is 2. The van der Waals surface area contributed by atoms with Crippen LogP contribution in [0.15, 0.2) is 57.1 Å². The Labute approximate surface area is 175 Å². The van der Waals surface area contributed by atoms with E-state index in [1.807, 2.05) is 11.4 Å². The second-order valence-corrected chi connectivity index (χ2v) is 7.33. The van der Waals surface area contributed by atoms with E-state index in [9.17, 15) is 9.59 Å². The van der Waals surface area contributed by atoms with Crippen molar-refractivity contribution >= 4 is 33.5 Å². The average Bonchev–Trinajstić information content (AvgIpc) is 3.36. The third-order valence-corrected chi connectivity index (χ3v) is 5.46. The number of fused-ring (bicyclic) bond motifs is 1. The molecule has 154 valence electrons. The van der Waals surface area contributed by atoms with E-state index in [1.165, 1.54) is 15.9 Å². The zero-order chi connectivity index (χ0) is 21.3. The molecular weight excluding hydrogens is 406 g/mol. The second kappa shape index (κ2) is 8.03. The van der Waals surface area contributed by atoms with Crippen LogP contribution < -0.4 is 20.5 Å². The van der Waals surface area contributed by atoms with Gasteiger partial charge in [-0.3, -0.25) is 9.36 Å². The maximum atomic E-state index is 12.8. The first-order valence-electron chi connectivity index (χ1n) is 9.10. The van der Waals surface area contributed by atoms with Crippen LogP contribution in [0, 0.1) is 0 Å². The van der Waals surface area contributed by atoms with Crippen LogP contribution in [0.5, 0.6) is 11.5 Å². The zero-order valence-corrected chi connectivity index (χ0v) is 17.4. The van der Waals surface area contributed by atoms with E-state index in [1.54, 1.807) is 57.5 Å². The minimum Gasteiger partial charge on any atom is -0.497 e. The fraction of sp³-hybridized carbons (Fsp3) is 0.190. The summed E-state index contributed by atoms with van der Waals surface area (Å²) < 4.78 is 17.2. The van der Waals surface area contributed by atoms with E-state index in [0.29, 0.717) is 33.4 Å². The number of ether oxygens (including phenoxy) is 2. The van der Waals surface area contributed by atoms with E-state index in [-0.39, 0.29) is 5.91 Å². The van der Waals surface area contributed by atoms with Crippen molar-refractivity contribution < 1.29 is 18.7 Å². The van der Waals surface area contributed by atoms with Gasteiger partial charge in [0.25, 0.3) is 0 Å². The molecule has 0 saturated carbocycles. The highest BCUT2D eigenvalue weighted by atomic mass is 32.1. The number of hydrogen-bond donors (Lipinski definition) is 1. The van der Waals surface area contributed by atoms with E-state index in [0.717, 1.165) is 5.56 Å². The zero-order valence-electron chi connectivity index (χ0n) is 16.5. The van der Waals surface area contributed by atoms with Crippen LogP contribution in [0.1, 0.15) is 13.0 Å². The molecule has 4 aromatic rings. The summed E-state index contributed by atoms with van der Waals surface area (Å²) in [5.74, 6) is 0.356. The molecule has 30 heavy (non-hydrogen) atoms. The molecule has 0 aliphatic rings. The molecule has 0 aliphatic heterocycles. The third-order valence-electron chi connectivity index (χ3n) is 4.70. The number of para-hydroxylation sites is 2. The van der Waals surface area contributed by atoms with Gasteiger partial charge in [-0.15, -0.1) is 11.3 Å². The van der Waals surface area contributed by atoms with Crippen molar-refractivity contribution in [3.63, 3.8) is 0 Å². The lowest BCUT2D eigenvalue weighted by molar-refractivity contribution is -0.118.